The fraction of sp³-hybridized carbons (Fsp3) is 0.875. The van der Waals surface area contributed by atoms with E-state index in [1.165, 1.54) is 70.6 Å². The number of nitrogens with one attached hydrogen (secondary N) is 3. The second-order valence-electron chi connectivity index (χ2n) is 12.9. The molecule has 4 aliphatic rings. The highest BCUT2D eigenvalue weighted by molar-refractivity contribution is 5.90. The lowest BCUT2D eigenvalue weighted by Gasteiger charge is -2.20. The molecule has 220 valence electrons. The van der Waals surface area contributed by atoms with Crippen LogP contribution < -0.4 is 16.0 Å². The first kappa shape index (κ1) is 30.2. The minimum Gasteiger partial charge on any atom is -0.355 e. The van der Waals surface area contributed by atoms with Crippen molar-refractivity contribution in [3.63, 3.8) is 0 Å². The van der Waals surface area contributed by atoms with Gasteiger partial charge >= 0.3 is 0 Å². The lowest BCUT2D eigenvalue weighted by molar-refractivity contribution is -0.128. The summed E-state index contributed by atoms with van der Waals surface area (Å²) in [5.41, 5.74) is 0. The van der Waals surface area contributed by atoms with Crippen LogP contribution in [-0.2, 0) is 19.2 Å². The van der Waals surface area contributed by atoms with Crippen LogP contribution in [0.5, 0.6) is 0 Å². The minimum absolute atomic E-state index is 0.0179. The van der Waals surface area contributed by atoms with Crippen molar-refractivity contribution >= 4 is 23.4 Å². The van der Waals surface area contributed by atoms with Gasteiger partial charge in [-0.15, -0.1) is 0 Å². The zero-order valence-electron chi connectivity index (χ0n) is 24.2. The van der Waals surface area contributed by atoms with Gasteiger partial charge in [-0.2, -0.15) is 0 Å². The third-order valence-electron chi connectivity index (χ3n) is 10.1. The average Bonchev–Trinajstić information content (AvgIpc) is 3.51. The first-order valence-electron chi connectivity index (χ1n) is 16.4. The minimum atomic E-state index is -0.232. The van der Waals surface area contributed by atoms with Gasteiger partial charge in [-0.25, -0.2) is 0 Å². The maximum absolute atomic E-state index is 13.2. The van der Waals surface area contributed by atoms with E-state index in [0.717, 1.165) is 44.9 Å². The molecule has 7 heteroatoms. The molecule has 0 aromatic rings. The van der Waals surface area contributed by atoms with Gasteiger partial charge in [0, 0.05) is 37.3 Å². The molecule has 3 aliphatic carbocycles. The van der Waals surface area contributed by atoms with E-state index in [0.29, 0.717) is 30.2 Å². The molecule has 0 aromatic carbocycles. The largest absolute Gasteiger partial charge is 0.355 e. The fourth-order valence-corrected chi connectivity index (χ4v) is 7.88. The summed E-state index contributed by atoms with van der Waals surface area (Å²) >= 11 is 0. The van der Waals surface area contributed by atoms with E-state index in [2.05, 4.69) is 16.0 Å². The second-order valence-corrected chi connectivity index (χ2v) is 12.9. The molecule has 0 radical (unpaired) electrons. The molecule has 5 unspecified atom stereocenters. The molecule has 1 heterocycles. The van der Waals surface area contributed by atoms with Gasteiger partial charge in [0.05, 0.1) is 12.6 Å². The molecule has 0 spiro atoms. The number of rotatable bonds is 11. The van der Waals surface area contributed by atoms with Crippen LogP contribution in [-0.4, -0.2) is 48.6 Å². The van der Waals surface area contributed by atoms with Crippen LogP contribution in [0.25, 0.3) is 0 Å². The maximum Gasteiger partial charge on any atom is 0.239 e. The van der Waals surface area contributed by atoms with Gasteiger partial charge < -0.3 is 16.0 Å². The SMILES string of the molecule is O=C(CCC(=O)C1CCCCCCCC1)NCC(=O)NCCCCC1NC2C3CCCCCCC(C3)C2C1=O. The van der Waals surface area contributed by atoms with E-state index in [1.54, 1.807) is 0 Å². The number of carbonyl (C=O) groups excluding carboxylic acids is 4. The van der Waals surface area contributed by atoms with E-state index >= 15 is 0 Å². The van der Waals surface area contributed by atoms with Crippen molar-refractivity contribution < 1.29 is 19.2 Å². The first-order valence-corrected chi connectivity index (χ1v) is 16.4. The number of ketones is 2. The molecular formula is C32H53N3O4. The van der Waals surface area contributed by atoms with E-state index in [4.69, 9.17) is 0 Å². The Balaban J connectivity index is 1.05. The number of amides is 2. The fourth-order valence-electron chi connectivity index (χ4n) is 7.88. The van der Waals surface area contributed by atoms with Crippen LogP contribution >= 0.6 is 0 Å². The number of carbonyl (C=O) groups is 4. The lowest BCUT2D eigenvalue weighted by atomic mass is 9.85. The molecule has 39 heavy (non-hydrogen) atoms. The van der Waals surface area contributed by atoms with Crippen molar-refractivity contribution in [3.8, 4) is 0 Å². The van der Waals surface area contributed by atoms with Crippen molar-refractivity contribution in [2.45, 2.75) is 141 Å². The summed E-state index contributed by atoms with van der Waals surface area (Å²) in [6.45, 7) is 0.499. The average molecular weight is 544 g/mol. The van der Waals surface area contributed by atoms with E-state index in [1.807, 2.05) is 0 Å². The van der Waals surface area contributed by atoms with Crippen LogP contribution in [0, 0.1) is 23.7 Å². The Hall–Kier alpha value is -1.76. The van der Waals surface area contributed by atoms with Gasteiger partial charge in [-0.3, -0.25) is 19.2 Å². The Morgan fingerprint density at radius 1 is 0.718 bits per heavy atom. The van der Waals surface area contributed by atoms with Crippen molar-refractivity contribution in [3.05, 3.63) is 0 Å². The smallest absolute Gasteiger partial charge is 0.239 e. The van der Waals surface area contributed by atoms with Crippen molar-refractivity contribution in [2.75, 3.05) is 13.1 Å². The zero-order valence-corrected chi connectivity index (χ0v) is 24.2. The monoisotopic (exact) mass is 543 g/mol. The lowest BCUT2D eigenvalue weighted by Crippen LogP contribution is -2.37. The van der Waals surface area contributed by atoms with E-state index < -0.39 is 0 Å². The third-order valence-corrected chi connectivity index (χ3v) is 10.1. The van der Waals surface area contributed by atoms with Crippen molar-refractivity contribution in [2.24, 2.45) is 23.7 Å². The second kappa shape index (κ2) is 15.9. The molecule has 3 saturated carbocycles. The quantitative estimate of drug-likeness (QED) is 0.318. The Morgan fingerprint density at radius 2 is 1.36 bits per heavy atom. The predicted octanol–water partition coefficient (Wildman–Crippen LogP) is 5.01. The summed E-state index contributed by atoms with van der Waals surface area (Å²) in [5.74, 6) is 1.82. The maximum atomic E-state index is 13.2. The number of hydrogen-bond acceptors (Lipinski definition) is 5. The summed E-state index contributed by atoms with van der Waals surface area (Å²) in [6, 6.07) is 0.376. The van der Waals surface area contributed by atoms with Crippen LogP contribution in [0.15, 0.2) is 0 Å². The van der Waals surface area contributed by atoms with Gasteiger partial charge in [-0.05, 0) is 63.2 Å². The number of hydrogen-bond donors (Lipinski definition) is 3. The summed E-state index contributed by atoms with van der Waals surface area (Å²) in [5, 5.41) is 9.26. The molecule has 1 aliphatic heterocycles. The van der Waals surface area contributed by atoms with E-state index in [-0.39, 0.29) is 54.9 Å². The van der Waals surface area contributed by atoms with Gasteiger partial charge in [-0.1, -0.05) is 64.2 Å². The Kier molecular flexibility index (Phi) is 12.3. The highest BCUT2D eigenvalue weighted by Crippen LogP contribution is 2.47. The summed E-state index contributed by atoms with van der Waals surface area (Å²) < 4.78 is 0. The number of fused-ring (bicyclic) bond motifs is 5. The Labute approximate surface area is 235 Å². The van der Waals surface area contributed by atoms with Crippen molar-refractivity contribution in [1.82, 2.24) is 16.0 Å². The van der Waals surface area contributed by atoms with Crippen LogP contribution in [0.1, 0.15) is 128 Å². The predicted molar refractivity (Wildman–Crippen MR) is 153 cm³/mol. The van der Waals surface area contributed by atoms with Crippen molar-refractivity contribution in [1.29, 1.82) is 0 Å². The molecular weight excluding hydrogens is 490 g/mol. The molecule has 3 N–H and O–H groups in total. The normalized spacial score (nSPS) is 30.2. The molecule has 7 nitrogen and oxygen atoms in total. The molecule has 1 saturated heterocycles. The van der Waals surface area contributed by atoms with Gasteiger partial charge in [0.25, 0.3) is 0 Å². The molecule has 4 fully saturated rings. The van der Waals surface area contributed by atoms with Gasteiger partial charge in [0.15, 0.2) is 5.78 Å². The van der Waals surface area contributed by atoms with E-state index in [9.17, 15) is 19.2 Å². The highest BCUT2D eigenvalue weighted by atomic mass is 16.2. The summed E-state index contributed by atoms with van der Waals surface area (Å²) in [4.78, 5) is 50.2. The Morgan fingerprint density at radius 3 is 2.08 bits per heavy atom. The Bertz CT molecular complexity index is 820. The van der Waals surface area contributed by atoms with Crippen LogP contribution in [0.2, 0.25) is 0 Å². The van der Waals surface area contributed by atoms with Crippen LogP contribution in [0.4, 0.5) is 0 Å². The molecule has 4 rings (SSSR count). The molecule has 2 amide bonds. The number of Topliss-reactive ketones (excluding diaryl/α,β-unsaturated/α-hetero) is 2. The number of unbranched alkanes of at least 4 members (excludes halogenated alkanes) is 1. The summed E-state index contributed by atoms with van der Waals surface area (Å²) in [6.07, 6.45) is 21.0. The third kappa shape index (κ3) is 9.12. The molecule has 2 bridgehead atoms. The first-order chi connectivity index (χ1) is 19.0. The van der Waals surface area contributed by atoms with Gasteiger partial charge in [0.2, 0.25) is 11.8 Å². The zero-order chi connectivity index (χ0) is 27.5. The highest BCUT2D eigenvalue weighted by Gasteiger charge is 2.52. The standard InChI is InChI=1S/C32H53N3O4/c36-27(23-13-7-3-1-2-4-8-14-23)18-19-28(37)34-22-29(38)33-20-12-11-17-26-32(39)30-24-15-9-5-6-10-16-25(21-24)31(30)35-26/h23-26,30-31,35H,1-22H2,(H,33,38)(H,34,37). The molecule has 5 atom stereocenters. The topological polar surface area (TPSA) is 104 Å². The summed E-state index contributed by atoms with van der Waals surface area (Å²) in [7, 11) is 0. The van der Waals surface area contributed by atoms with Crippen LogP contribution in [0.3, 0.4) is 0 Å². The molecule has 0 aromatic heterocycles. The van der Waals surface area contributed by atoms with Gasteiger partial charge in [0.1, 0.15) is 5.78 Å².